The van der Waals surface area contributed by atoms with Gasteiger partial charge in [0.2, 0.25) is 5.91 Å². The van der Waals surface area contributed by atoms with Crippen LogP contribution in [0.3, 0.4) is 0 Å². The van der Waals surface area contributed by atoms with Crippen LogP contribution in [-0.4, -0.2) is 43.5 Å². The average molecular weight is 411 g/mol. The molecule has 1 aromatic rings. The van der Waals surface area contributed by atoms with Gasteiger partial charge in [-0.25, -0.2) is 8.42 Å². The maximum Gasteiger partial charge on any atom is 0.313 e. The zero-order valence-corrected chi connectivity index (χ0v) is 16.4. The molecule has 27 heavy (non-hydrogen) atoms. The minimum absolute atomic E-state index is 0.0791. The number of rotatable bonds is 8. The third kappa shape index (κ3) is 6.26. The summed E-state index contributed by atoms with van der Waals surface area (Å²) in [6.07, 6.45) is 3.04. The van der Waals surface area contributed by atoms with Gasteiger partial charge in [-0.15, -0.1) is 11.8 Å². The molecule has 0 radical (unpaired) electrons. The number of nitriles is 1. The molecule has 1 aliphatic rings. The Hall–Kier alpha value is -2.05. The number of carbonyl (C=O) groups excluding carboxylic acids is 1. The minimum atomic E-state index is -3.57. The number of amides is 1. The number of sulfone groups is 1. The van der Waals surface area contributed by atoms with Crippen LogP contribution in [0, 0.1) is 23.2 Å². The van der Waals surface area contributed by atoms with E-state index in [1.54, 1.807) is 12.1 Å². The summed E-state index contributed by atoms with van der Waals surface area (Å²) in [6, 6.07) is 8.01. The van der Waals surface area contributed by atoms with Crippen molar-refractivity contribution in [3.63, 3.8) is 0 Å². The molecule has 7 nitrogen and oxygen atoms in total. The molecule has 1 aromatic carbocycles. The van der Waals surface area contributed by atoms with Gasteiger partial charge < -0.3 is 10.4 Å². The van der Waals surface area contributed by atoms with Crippen LogP contribution < -0.4 is 5.32 Å². The highest BCUT2D eigenvalue weighted by Crippen LogP contribution is 2.33. The highest BCUT2D eigenvalue weighted by Gasteiger charge is 2.34. The van der Waals surface area contributed by atoms with Crippen molar-refractivity contribution in [3.8, 4) is 6.07 Å². The van der Waals surface area contributed by atoms with Crippen molar-refractivity contribution in [3.05, 3.63) is 24.3 Å². The third-order valence-corrected chi connectivity index (χ3v) is 7.42. The number of nitrogens with one attached hydrogen (secondary N) is 1. The standard InChI is InChI=1S/C18H22N2O5S2/c19-9-10-20-18(23)16-4-2-1-3-13(16)12-27(24,25)15-7-5-14(6-8-15)26-11-17(21)22/h5-8,13,16H,1-4,10-12H2,(H,20,23)(H,21,22)/t13-,16+/m1/s1. The van der Waals surface area contributed by atoms with Gasteiger partial charge in [-0.3, -0.25) is 9.59 Å². The average Bonchev–Trinajstić information content (AvgIpc) is 2.65. The van der Waals surface area contributed by atoms with Gasteiger partial charge in [0.25, 0.3) is 0 Å². The van der Waals surface area contributed by atoms with Crippen LogP contribution in [-0.2, 0) is 19.4 Å². The van der Waals surface area contributed by atoms with Gasteiger partial charge in [-0.05, 0) is 43.0 Å². The Morgan fingerprint density at radius 2 is 1.89 bits per heavy atom. The Labute approximate surface area is 163 Å². The van der Waals surface area contributed by atoms with Crippen LogP contribution in [0.15, 0.2) is 34.1 Å². The molecule has 0 bridgehead atoms. The second kappa shape index (κ2) is 9.76. The lowest BCUT2D eigenvalue weighted by atomic mass is 9.80. The van der Waals surface area contributed by atoms with Crippen LogP contribution in [0.25, 0.3) is 0 Å². The molecule has 2 atom stereocenters. The number of hydrogen-bond donors (Lipinski definition) is 2. The number of nitrogens with zero attached hydrogens (tertiary/aromatic N) is 1. The number of carboxylic acids is 1. The van der Waals surface area contributed by atoms with Gasteiger partial charge in [0.15, 0.2) is 9.84 Å². The van der Waals surface area contributed by atoms with Gasteiger partial charge >= 0.3 is 5.97 Å². The summed E-state index contributed by atoms with van der Waals surface area (Å²) in [4.78, 5) is 23.7. The minimum Gasteiger partial charge on any atom is -0.481 e. The van der Waals surface area contributed by atoms with E-state index in [4.69, 9.17) is 10.4 Å². The molecule has 146 valence electrons. The highest BCUT2D eigenvalue weighted by molar-refractivity contribution is 8.00. The van der Waals surface area contributed by atoms with Crippen LogP contribution in [0.2, 0.25) is 0 Å². The molecule has 2 rings (SSSR count). The highest BCUT2D eigenvalue weighted by atomic mass is 32.2. The van der Waals surface area contributed by atoms with Gasteiger partial charge in [0, 0.05) is 10.8 Å². The topological polar surface area (TPSA) is 124 Å². The lowest BCUT2D eigenvalue weighted by Crippen LogP contribution is -2.39. The first-order chi connectivity index (χ1) is 12.8. The Kier molecular flexibility index (Phi) is 7.68. The molecule has 0 spiro atoms. The van der Waals surface area contributed by atoms with Crippen molar-refractivity contribution in [1.29, 1.82) is 5.26 Å². The SMILES string of the molecule is N#CCNC(=O)[C@H]1CCCC[C@@H]1CS(=O)(=O)c1ccc(SCC(=O)O)cc1. The molecule has 1 amide bonds. The number of carboxylic acid groups (broad SMARTS) is 1. The monoisotopic (exact) mass is 410 g/mol. The van der Waals surface area contributed by atoms with Crippen LogP contribution in [0.4, 0.5) is 0 Å². The first kappa shape index (κ1) is 21.3. The van der Waals surface area contributed by atoms with E-state index in [2.05, 4.69) is 5.32 Å². The Balaban J connectivity index is 2.07. The number of carbonyl (C=O) groups is 2. The predicted octanol–water partition coefficient (Wildman–Crippen LogP) is 2.08. The predicted molar refractivity (Wildman–Crippen MR) is 101 cm³/mol. The van der Waals surface area contributed by atoms with E-state index >= 15 is 0 Å². The van der Waals surface area contributed by atoms with E-state index in [-0.39, 0.29) is 34.8 Å². The van der Waals surface area contributed by atoms with E-state index in [0.29, 0.717) is 17.7 Å². The second-order valence-corrected chi connectivity index (χ2v) is 9.55. The van der Waals surface area contributed by atoms with E-state index in [1.807, 2.05) is 6.07 Å². The van der Waals surface area contributed by atoms with Crippen LogP contribution in [0.5, 0.6) is 0 Å². The Morgan fingerprint density at radius 1 is 1.22 bits per heavy atom. The summed E-state index contributed by atoms with van der Waals surface area (Å²) in [5.41, 5.74) is 0. The number of hydrogen-bond acceptors (Lipinski definition) is 6. The molecule has 0 aromatic heterocycles. The molecular formula is C18H22N2O5S2. The fraction of sp³-hybridized carbons (Fsp3) is 0.500. The van der Waals surface area contributed by atoms with Crippen molar-refractivity contribution in [2.24, 2.45) is 11.8 Å². The molecule has 2 N–H and O–H groups in total. The molecule has 0 heterocycles. The first-order valence-electron chi connectivity index (χ1n) is 8.65. The van der Waals surface area contributed by atoms with Crippen molar-refractivity contribution in [2.45, 2.75) is 35.5 Å². The Morgan fingerprint density at radius 3 is 2.52 bits per heavy atom. The smallest absolute Gasteiger partial charge is 0.313 e. The molecule has 1 fully saturated rings. The molecule has 1 aliphatic carbocycles. The summed E-state index contributed by atoms with van der Waals surface area (Å²) in [6.45, 7) is -0.0791. The third-order valence-electron chi connectivity index (χ3n) is 4.57. The zero-order chi connectivity index (χ0) is 19.9. The molecular weight excluding hydrogens is 388 g/mol. The van der Waals surface area contributed by atoms with Crippen molar-refractivity contribution in [2.75, 3.05) is 18.1 Å². The number of thioether (sulfide) groups is 1. The Bertz CT molecular complexity index is 815. The van der Waals surface area contributed by atoms with Gasteiger partial charge in [0.05, 0.1) is 22.5 Å². The number of aliphatic carboxylic acids is 1. The lowest BCUT2D eigenvalue weighted by Gasteiger charge is -2.30. The fourth-order valence-electron chi connectivity index (χ4n) is 3.28. The molecule has 0 saturated heterocycles. The van der Waals surface area contributed by atoms with Crippen molar-refractivity contribution >= 4 is 33.5 Å². The normalized spacial score (nSPS) is 19.8. The van der Waals surface area contributed by atoms with Crippen LogP contribution >= 0.6 is 11.8 Å². The van der Waals surface area contributed by atoms with Gasteiger partial charge in [0.1, 0.15) is 6.54 Å². The summed E-state index contributed by atoms with van der Waals surface area (Å²) in [5, 5.41) is 19.9. The summed E-state index contributed by atoms with van der Waals surface area (Å²) >= 11 is 1.12. The molecule has 0 unspecified atom stereocenters. The largest absolute Gasteiger partial charge is 0.481 e. The molecule has 1 saturated carbocycles. The second-order valence-electron chi connectivity index (χ2n) is 6.46. The summed E-state index contributed by atoms with van der Waals surface area (Å²) in [7, 11) is -3.57. The van der Waals surface area contributed by atoms with Crippen molar-refractivity contribution in [1.82, 2.24) is 5.32 Å². The van der Waals surface area contributed by atoms with Gasteiger partial charge in [-0.1, -0.05) is 12.8 Å². The van der Waals surface area contributed by atoms with Gasteiger partial charge in [-0.2, -0.15) is 5.26 Å². The number of benzene rings is 1. The zero-order valence-electron chi connectivity index (χ0n) is 14.8. The summed E-state index contributed by atoms with van der Waals surface area (Å²) in [5.74, 6) is -2.06. The van der Waals surface area contributed by atoms with E-state index in [9.17, 15) is 18.0 Å². The molecule has 9 heteroatoms. The van der Waals surface area contributed by atoms with Crippen molar-refractivity contribution < 1.29 is 23.1 Å². The van der Waals surface area contributed by atoms with E-state index in [1.165, 1.54) is 12.1 Å². The van der Waals surface area contributed by atoms with E-state index in [0.717, 1.165) is 24.6 Å². The molecule has 0 aliphatic heterocycles. The summed E-state index contributed by atoms with van der Waals surface area (Å²) < 4.78 is 25.6. The quantitative estimate of drug-likeness (QED) is 0.496. The maximum atomic E-state index is 12.8. The van der Waals surface area contributed by atoms with Crippen LogP contribution in [0.1, 0.15) is 25.7 Å². The first-order valence-corrected chi connectivity index (χ1v) is 11.3. The fourth-order valence-corrected chi connectivity index (χ4v) is 5.60. The van der Waals surface area contributed by atoms with E-state index < -0.39 is 21.7 Å². The maximum absolute atomic E-state index is 12.8. The lowest BCUT2D eigenvalue weighted by molar-refractivity contribution is -0.134.